The lowest BCUT2D eigenvalue weighted by Gasteiger charge is -2.19. The summed E-state index contributed by atoms with van der Waals surface area (Å²) < 4.78 is 10.9. The number of nitrogens with zero attached hydrogens (tertiary/aromatic N) is 3. The van der Waals surface area contributed by atoms with Crippen LogP contribution in [-0.2, 0) is 0 Å². The molecule has 0 aliphatic carbocycles. The third-order valence-corrected chi connectivity index (χ3v) is 4.18. The van der Waals surface area contributed by atoms with Crippen LogP contribution in [0.5, 0.6) is 11.5 Å². The fourth-order valence-electron chi connectivity index (χ4n) is 2.16. The molecular formula is C16H17N3O2S. The van der Waals surface area contributed by atoms with Crippen molar-refractivity contribution in [2.24, 2.45) is 0 Å². The first-order valence-corrected chi connectivity index (χ1v) is 7.82. The second-order valence-corrected chi connectivity index (χ2v) is 5.68. The smallest absolute Gasteiger partial charge is 0.140 e. The third-order valence-electron chi connectivity index (χ3n) is 3.36. The van der Waals surface area contributed by atoms with Crippen LogP contribution in [0.4, 0.5) is 5.82 Å². The average molecular weight is 315 g/mol. The molecule has 0 atom stereocenters. The van der Waals surface area contributed by atoms with E-state index in [1.165, 1.54) is 0 Å². The third kappa shape index (κ3) is 3.12. The standard InChI is InChI=1S/C16H17N3O2S/c1-19(15-14-7-10-22-16(14)18-11-17-15)8-9-21-13-5-3-12(20-2)4-6-13/h3-7,10-11H,8-9H2,1-2H3. The van der Waals surface area contributed by atoms with Gasteiger partial charge in [-0.1, -0.05) is 0 Å². The number of aromatic nitrogens is 2. The van der Waals surface area contributed by atoms with Crippen molar-refractivity contribution in [1.29, 1.82) is 0 Å². The lowest BCUT2D eigenvalue weighted by Crippen LogP contribution is -2.24. The lowest BCUT2D eigenvalue weighted by atomic mass is 10.3. The molecule has 22 heavy (non-hydrogen) atoms. The van der Waals surface area contributed by atoms with Gasteiger partial charge in [0.1, 0.15) is 35.1 Å². The van der Waals surface area contributed by atoms with Crippen molar-refractivity contribution in [3.63, 3.8) is 0 Å². The van der Waals surface area contributed by atoms with E-state index in [1.54, 1.807) is 24.8 Å². The van der Waals surface area contributed by atoms with Gasteiger partial charge in [0.15, 0.2) is 0 Å². The number of anilines is 1. The Bertz CT molecular complexity index is 742. The molecule has 0 N–H and O–H groups in total. The predicted octanol–water partition coefficient (Wildman–Crippen LogP) is 3.22. The normalized spacial score (nSPS) is 10.6. The minimum absolute atomic E-state index is 0.582. The molecule has 6 heteroatoms. The average Bonchev–Trinajstić information content (AvgIpc) is 3.04. The van der Waals surface area contributed by atoms with Crippen molar-refractivity contribution in [3.8, 4) is 11.5 Å². The molecule has 0 unspecified atom stereocenters. The van der Waals surface area contributed by atoms with Crippen LogP contribution in [0.25, 0.3) is 10.2 Å². The van der Waals surface area contributed by atoms with E-state index in [2.05, 4.69) is 20.9 Å². The summed E-state index contributed by atoms with van der Waals surface area (Å²) in [5, 5.41) is 3.12. The summed E-state index contributed by atoms with van der Waals surface area (Å²) in [5.74, 6) is 2.59. The van der Waals surface area contributed by atoms with Crippen molar-refractivity contribution in [2.45, 2.75) is 0 Å². The van der Waals surface area contributed by atoms with Crippen molar-refractivity contribution >= 4 is 27.4 Å². The van der Waals surface area contributed by atoms with E-state index in [1.807, 2.05) is 36.7 Å². The predicted molar refractivity (Wildman–Crippen MR) is 89.2 cm³/mol. The van der Waals surface area contributed by atoms with Gasteiger partial charge in [0.2, 0.25) is 0 Å². The van der Waals surface area contributed by atoms with Gasteiger partial charge in [-0.3, -0.25) is 0 Å². The van der Waals surface area contributed by atoms with Crippen LogP contribution < -0.4 is 14.4 Å². The van der Waals surface area contributed by atoms with Crippen LogP contribution in [0, 0.1) is 0 Å². The summed E-state index contributed by atoms with van der Waals surface area (Å²) in [4.78, 5) is 11.7. The van der Waals surface area contributed by atoms with E-state index in [4.69, 9.17) is 9.47 Å². The van der Waals surface area contributed by atoms with Gasteiger partial charge in [-0.15, -0.1) is 11.3 Å². The van der Waals surface area contributed by atoms with Gasteiger partial charge in [-0.05, 0) is 35.7 Å². The zero-order valence-electron chi connectivity index (χ0n) is 12.5. The van der Waals surface area contributed by atoms with E-state index in [9.17, 15) is 0 Å². The number of hydrogen-bond donors (Lipinski definition) is 0. The largest absolute Gasteiger partial charge is 0.497 e. The van der Waals surface area contributed by atoms with Gasteiger partial charge < -0.3 is 14.4 Å². The molecule has 0 saturated heterocycles. The Morgan fingerprint density at radius 2 is 1.86 bits per heavy atom. The molecule has 5 nitrogen and oxygen atoms in total. The first kappa shape index (κ1) is 14.6. The summed E-state index contributed by atoms with van der Waals surface area (Å²) in [7, 11) is 3.66. The lowest BCUT2D eigenvalue weighted by molar-refractivity contribution is 0.325. The van der Waals surface area contributed by atoms with Crippen LogP contribution in [-0.4, -0.2) is 37.3 Å². The molecule has 114 valence electrons. The Morgan fingerprint density at radius 1 is 1.09 bits per heavy atom. The summed E-state index contributed by atoms with van der Waals surface area (Å²) in [6.45, 7) is 1.33. The van der Waals surface area contributed by atoms with Crippen molar-refractivity contribution in [1.82, 2.24) is 9.97 Å². The molecule has 0 amide bonds. The molecule has 0 bridgehead atoms. The van der Waals surface area contributed by atoms with E-state index < -0.39 is 0 Å². The molecule has 0 spiro atoms. The van der Waals surface area contributed by atoms with Crippen molar-refractivity contribution in [2.75, 3.05) is 32.2 Å². The van der Waals surface area contributed by atoms with Crippen LogP contribution in [0.15, 0.2) is 42.0 Å². The monoisotopic (exact) mass is 315 g/mol. The maximum absolute atomic E-state index is 5.75. The van der Waals surface area contributed by atoms with Gasteiger partial charge >= 0.3 is 0 Å². The molecule has 0 aliphatic heterocycles. The first-order valence-electron chi connectivity index (χ1n) is 6.94. The van der Waals surface area contributed by atoms with Gasteiger partial charge in [0, 0.05) is 7.05 Å². The van der Waals surface area contributed by atoms with Crippen LogP contribution in [0.3, 0.4) is 0 Å². The fraction of sp³-hybridized carbons (Fsp3) is 0.250. The van der Waals surface area contributed by atoms with Gasteiger partial charge in [0.25, 0.3) is 0 Å². The molecule has 3 aromatic rings. The Labute approximate surface area is 133 Å². The molecule has 2 aromatic heterocycles. The number of benzene rings is 1. The highest BCUT2D eigenvalue weighted by molar-refractivity contribution is 7.16. The maximum Gasteiger partial charge on any atom is 0.140 e. The summed E-state index contributed by atoms with van der Waals surface area (Å²) in [6.07, 6.45) is 1.61. The van der Waals surface area contributed by atoms with Crippen LogP contribution in [0.2, 0.25) is 0 Å². The van der Waals surface area contributed by atoms with Gasteiger partial charge in [-0.2, -0.15) is 0 Å². The number of hydrogen-bond acceptors (Lipinski definition) is 6. The summed E-state index contributed by atoms with van der Waals surface area (Å²) in [5.41, 5.74) is 0. The Balaban J connectivity index is 1.60. The number of fused-ring (bicyclic) bond motifs is 1. The van der Waals surface area contributed by atoms with E-state index in [0.29, 0.717) is 6.61 Å². The maximum atomic E-state index is 5.75. The second-order valence-electron chi connectivity index (χ2n) is 4.78. The summed E-state index contributed by atoms with van der Waals surface area (Å²) >= 11 is 1.62. The summed E-state index contributed by atoms with van der Waals surface area (Å²) in [6, 6.07) is 9.63. The minimum Gasteiger partial charge on any atom is -0.497 e. The molecule has 1 aromatic carbocycles. The van der Waals surface area contributed by atoms with E-state index in [0.717, 1.165) is 34.1 Å². The SMILES string of the molecule is COc1ccc(OCCN(C)c2ncnc3sccc23)cc1. The molecule has 2 heterocycles. The highest BCUT2D eigenvalue weighted by Crippen LogP contribution is 2.25. The number of likely N-dealkylation sites (N-methyl/N-ethyl adjacent to an activating group) is 1. The Kier molecular flexibility index (Phi) is 4.39. The van der Waals surface area contributed by atoms with Crippen molar-refractivity contribution in [3.05, 3.63) is 42.0 Å². The number of thiophene rings is 1. The number of methoxy groups -OCH3 is 1. The number of ether oxygens (including phenoxy) is 2. The van der Waals surface area contributed by atoms with E-state index >= 15 is 0 Å². The quantitative estimate of drug-likeness (QED) is 0.699. The Morgan fingerprint density at radius 3 is 2.64 bits per heavy atom. The number of rotatable bonds is 6. The van der Waals surface area contributed by atoms with Crippen molar-refractivity contribution < 1.29 is 9.47 Å². The molecule has 3 rings (SSSR count). The van der Waals surface area contributed by atoms with Gasteiger partial charge in [0.05, 0.1) is 19.0 Å². The second kappa shape index (κ2) is 6.62. The van der Waals surface area contributed by atoms with Crippen LogP contribution in [0.1, 0.15) is 0 Å². The van der Waals surface area contributed by atoms with Crippen LogP contribution >= 0.6 is 11.3 Å². The fourth-order valence-corrected chi connectivity index (χ4v) is 2.89. The molecule has 0 fully saturated rings. The zero-order chi connectivity index (χ0) is 15.4. The van der Waals surface area contributed by atoms with Gasteiger partial charge in [-0.25, -0.2) is 9.97 Å². The van der Waals surface area contributed by atoms with E-state index in [-0.39, 0.29) is 0 Å². The topological polar surface area (TPSA) is 47.5 Å². The highest BCUT2D eigenvalue weighted by Gasteiger charge is 2.09. The molecule has 0 radical (unpaired) electrons. The Hall–Kier alpha value is -2.34. The molecule has 0 aliphatic rings. The minimum atomic E-state index is 0.582. The zero-order valence-corrected chi connectivity index (χ0v) is 13.3. The molecular weight excluding hydrogens is 298 g/mol. The highest BCUT2D eigenvalue weighted by atomic mass is 32.1. The first-order chi connectivity index (χ1) is 10.8. The molecule has 0 saturated carbocycles.